The molecule has 6 nitrogen and oxygen atoms in total. The summed E-state index contributed by atoms with van der Waals surface area (Å²) in [4.78, 5) is 10.8. The van der Waals surface area contributed by atoms with Gasteiger partial charge in [0, 0.05) is 17.6 Å². The fourth-order valence-electron chi connectivity index (χ4n) is 2.34. The second kappa shape index (κ2) is 6.10. The van der Waals surface area contributed by atoms with Crippen molar-refractivity contribution in [3.8, 4) is 0 Å². The van der Waals surface area contributed by atoms with Gasteiger partial charge in [-0.15, -0.1) is 0 Å². The molecule has 21 heavy (non-hydrogen) atoms. The van der Waals surface area contributed by atoms with E-state index < -0.39 is 22.0 Å². The zero-order chi connectivity index (χ0) is 15.8. The zero-order valence-corrected chi connectivity index (χ0v) is 13.1. The minimum Gasteiger partial charge on any atom is -0.478 e. The summed E-state index contributed by atoms with van der Waals surface area (Å²) >= 11 is 11.7. The Kier molecular flexibility index (Phi) is 4.79. The van der Waals surface area contributed by atoms with E-state index >= 15 is 0 Å². The molecule has 9 heteroatoms. The first-order chi connectivity index (χ1) is 9.78. The fourth-order valence-corrected chi connectivity index (χ4v) is 4.91. The number of hydrogen-bond acceptors (Lipinski definition) is 4. The van der Waals surface area contributed by atoms with Gasteiger partial charge in [0.1, 0.15) is 4.90 Å². The van der Waals surface area contributed by atoms with Gasteiger partial charge in [-0.3, -0.25) is 0 Å². The average Bonchev–Trinajstić information content (AvgIpc) is 2.89. The van der Waals surface area contributed by atoms with E-state index in [1.165, 1.54) is 0 Å². The first-order valence-corrected chi connectivity index (χ1v) is 8.33. The molecule has 0 saturated carbocycles. The van der Waals surface area contributed by atoms with Crippen molar-refractivity contribution in [2.24, 2.45) is 0 Å². The molecule has 0 amide bonds. The molecule has 0 radical (unpaired) electrons. The van der Waals surface area contributed by atoms with E-state index in [2.05, 4.69) is 0 Å². The van der Waals surface area contributed by atoms with Crippen molar-refractivity contribution in [1.29, 1.82) is 0 Å². The molecule has 0 aliphatic carbocycles. The highest BCUT2D eigenvalue weighted by Gasteiger charge is 2.37. The summed E-state index contributed by atoms with van der Waals surface area (Å²) in [7, 11) is -4.02. The van der Waals surface area contributed by atoms with Crippen molar-refractivity contribution in [2.45, 2.75) is 23.8 Å². The molecule has 0 aromatic heterocycles. The number of carboxylic acids is 1. The first-order valence-electron chi connectivity index (χ1n) is 6.14. The molecule has 0 unspecified atom stereocenters. The molecule has 1 aromatic rings. The number of benzene rings is 1. The monoisotopic (exact) mass is 353 g/mol. The van der Waals surface area contributed by atoms with Crippen LogP contribution >= 0.6 is 23.2 Å². The lowest BCUT2D eigenvalue weighted by molar-refractivity contribution is 0.0697. The number of aliphatic hydroxyl groups is 1. The lowest BCUT2D eigenvalue weighted by atomic mass is 10.2. The van der Waals surface area contributed by atoms with Gasteiger partial charge in [0.15, 0.2) is 0 Å². The number of aliphatic hydroxyl groups excluding tert-OH is 1. The van der Waals surface area contributed by atoms with Gasteiger partial charge >= 0.3 is 5.97 Å². The number of halogens is 2. The van der Waals surface area contributed by atoms with Crippen LogP contribution in [0.15, 0.2) is 17.0 Å². The number of carbonyl (C=O) groups is 1. The predicted octanol–water partition coefficient (Wildman–Crippen LogP) is 1.84. The van der Waals surface area contributed by atoms with Crippen molar-refractivity contribution in [2.75, 3.05) is 13.2 Å². The van der Waals surface area contributed by atoms with Crippen LogP contribution in [0.2, 0.25) is 10.0 Å². The third kappa shape index (κ3) is 3.02. The van der Waals surface area contributed by atoms with Crippen molar-refractivity contribution in [3.63, 3.8) is 0 Å². The Morgan fingerprint density at radius 1 is 1.38 bits per heavy atom. The van der Waals surface area contributed by atoms with Crippen molar-refractivity contribution in [3.05, 3.63) is 27.7 Å². The van der Waals surface area contributed by atoms with Gasteiger partial charge in [-0.25, -0.2) is 13.2 Å². The zero-order valence-electron chi connectivity index (χ0n) is 10.8. The molecule has 1 fully saturated rings. The standard InChI is InChI=1S/C12H13Cl2NO5S/c13-7-4-9(12(17)18)11(14)10(5-7)21(19,20)15-3-1-2-8(15)6-16/h4-5,8,16H,1-3,6H2,(H,17,18)/t8-/m1/s1. The SMILES string of the molecule is O=C(O)c1cc(Cl)cc(S(=O)(=O)N2CCC[C@@H]2CO)c1Cl. The van der Waals surface area contributed by atoms with Gasteiger partial charge in [-0.05, 0) is 25.0 Å². The summed E-state index contributed by atoms with van der Waals surface area (Å²) in [6.07, 6.45) is 1.16. The maximum atomic E-state index is 12.6. The molecule has 116 valence electrons. The van der Waals surface area contributed by atoms with E-state index in [0.717, 1.165) is 16.4 Å². The highest BCUT2D eigenvalue weighted by Crippen LogP contribution is 2.34. The second-order valence-corrected chi connectivity index (χ2v) is 7.34. The molecule has 1 aliphatic rings. The van der Waals surface area contributed by atoms with Gasteiger partial charge in [0.05, 0.1) is 17.2 Å². The van der Waals surface area contributed by atoms with Crippen LogP contribution in [0.5, 0.6) is 0 Å². The Hall–Kier alpha value is -0.860. The highest BCUT2D eigenvalue weighted by atomic mass is 35.5. The van der Waals surface area contributed by atoms with Crippen LogP contribution in [0.4, 0.5) is 0 Å². The third-order valence-electron chi connectivity index (χ3n) is 3.35. The Bertz CT molecular complexity index is 676. The highest BCUT2D eigenvalue weighted by molar-refractivity contribution is 7.89. The van der Waals surface area contributed by atoms with E-state index in [9.17, 15) is 18.3 Å². The van der Waals surface area contributed by atoms with Gasteiger partial charge in [0.2, 0.25) is 10.0 Å². The molecule has 1 atom stereocenters. The van der Waals surface area contributed by atoms with Crippen LogP contribution in [0.25, 0.3) is 0 Å². The van der Waals surface area contributed by atoms with E-state index in [0.29, 0.717) is 12.8 Å². The maximum Gasteiger partial charge on any atom is 0.337 e. The summed E-state index contributed by atoms with van der Waals surface area (Å²) in [6.45, 7) is -0.0536. The topological polar surface area (TPSA) is 94.9 Å². The van der Waals surface area contributed by atoms with Crippen molar-refractivity contribution >= 4 is 39.2 Å². The minimum atomic E-state index is -4.02. The third-order valence-corrected chi connectivity index (χ3v) is 6.07. The van der Waals surface area contributed by atoms with Crippen LogP contribution in [-0.4, -0.2) is 48.1 Å². The van der Waals surface area contributed by atoms with Gasteiger partial charge in [-0.2, -0.15) is 4.31 Å². The fraction of sp³-hybridized carbons (Fsp3) is 0.417. The first kappa shape index (κ1) is 16.5. The summed E-state index contributed by atoms with van der Waals surface area (Å²) in [5, 5.41) is 17.9. The number of hydrogen-bond donors (Lipinski definition) is 2. The Labute approximate surface area is 131 Å². The van der Waals surface area contributed by atoms with Crippen LogP contribution < -0.4 is 0 Å². The van der Waals surface area contributed by atoms with Gasteiger partial charge < -0.3 is 10.2 Å². The summed E-state index contributed by atoms with van der Waals surface area (Å²) in [6, 6.07) is 1.69. The number of rotatable bonds is 4. The second-order valence-electron chi connectivity index (χ2n) is 4.67. The lowest BCUT2D eigenvalue weighted by Crippen LogP contribution is -2.37. The van der Waals surface area contributed by atoms with Crippen molar-refractivity contribution in [1.82, 2.24) is 4.31 Å². The number of carboxylic acid groups (broad SMARTS) is 1. The number of nitrogens with zero attached hydrogens (tertiary/aromatic N) is 1. The summed E-state index contributed by atoms with van der Waals surface area (Å²) < 4.78 is 26.4. The molecule has 1 heterocycles. The van der Waals surface area contributed by atoms with Crippen LogP contribution in [-0.2, 0) is 10.0 Å². The maximum absolute atomic E-state index is 12.6. The quantitative estimate of drug-likeness (QED) is 0.860. The minimum absolute atomic E-state index is 0.0323. The normalized spacial score (nSPS) is 19.9. The molecule has 0 spiro atoms. The molecule has 0 bridgehead atoms. The van der Waals surface area contributed by atoms with Crippen LogP contribution in [0.1, 0.15) is 23.2 Å². The molecule has 2 rings (SSSR count). The average molecular weight is 354 g/mol. The van der Waals surface area contributed by atoms with Crippen molar-refractivity contribution < 1.29 is 23.4 Å². The Morgan fingerprint density at radius 3 is 2.62 bits per heavy atom. The molecule has 1 saturated heterocycles. The molecular weight excluding hydrogens is 341 g/mol. The molecule has 1 aliphatic heterocycles. The molecule has 1 aromatic carbocycles. The Balaban J connectivity index is 2.57. The van der Waals surface area contributed by atoms with Gasteiger partial charge in [-0.1, -0.05) is 23.2 Å². The summed E-state index contributed by atoms with van der Waals surface area (Å²) in [5.41, 5.74) is -0.373. The number of aromatic carboxylic acids is 1. The Morgan fingerprint density at radius 2 is 2.05 bits per heavy atom. The van der Waals surface area contributed by atoms with Crippen LogP contribution in [0.3, 0.4) is 0 Å². The smallest absolute Gasteiger partial charge is 0.337 e. The van der Waals surface area contributed by atoms with E-state index in [1.54, 1.807) is 0 Å². The molecular formula is C12H13Cl2NO5S. The van der Waals surface area contributed by atoms with E-state index in [-0.39, 0.29) is 33.7 Å². The van der Waals surface area contributed by atoms with Crippen LogP contribution in [0, 0.1) is 0 Å². The number of sulfonamides is 1. The molecule has 2 N–H and O–H groups in total. The lowest BCUT2D eigenvalue weighted by Gasteiger charge is -2.23. The van der Waals surface area contributed by atoms with E-state index in [1.807, 2.05) is 0 Å². The summed E-state index contributed by atoms with van der Waals surface area (Å²) in [5.74, 6) is -1.36. The van der Waals surface area contributed by atoms with Gasteiger partial charge in [0.25, 0.3) is 0 Å². The predicted molar refractivity (Wildman–Crippen MR) is 77.4 cm³/mol. The largest absolute Gasteiger partial charge is 0.478 e. The van der Waals surface area contributed by atoms with E-state index in [4.69, 9.17) is 28.3 Å².